The fourth-order valence-corrected chi connectivity index (χ4v) is 4.75. The van der Waals surface area contributed by atoms with Crippen LogP contribution >= 0.6 is 0 Å². The molecule has 34 heavy (non-hydrogen) atoms. The molecule has 6 rings (SSSR count). The fraction of sp³-hybridized carbons (Fsp3) is 0.0645. The first-order valence-electron chi connectivity index (χ1n) is 11.4. The first-order valence-corrected chi connectivity index (χ1v) is 11.4. The van der Waals surface area contributed by atoms with Crippen molar-refractivity contribution in [2.24, 2.45) is 0 Å². The summed E-state index contributed by atoms with van der Waals surface area (Å²) >= 11 is 0. The SMILES string of the molecule is COc1ccc2nc(-n3c(-c4ccccc4)c(-c4ccccc4)c4cc(C)ccc43)ccc2c1. The quantitative estimate of drug-likeness (QED) is 0.279. The molecule has 0 fully saturated rings. The monoisotopic (exact) mass is 440 g/mol. The van der Waals surface area contributed by atoms with Gasteiger partial charge in [-0.2, -0.15) is 0 Å². The molecule has 0 radical (unpaired) electrons. The Labute approximate surface area is 198 Å². The van der Waals surface area contributed by atoms with Gasteiger partial charge >= 0.3 is 0 Å². The molecule has 0 atom stereocenters. The summed E-state index contributed by atoms with van der Waals surface area (Å²) in [5.41, 5.74) is 8.04. The van der Waals surface area contributed by atoms with Gasteiger partial charge in [-0.15, -0.1) is 0 Å². The van der Waals surface area contributed by atoms with Gasteiger partial charge in [0, 0.05) is 16.3 Å². The van der Waals surface area contributed by atoms with Crippen LogP contribution in [-0.2, 0) is 0 Å². The first kappa shape index (κ1) is 20.3. The molecule has 0 aliphatic rings. The Morgan fingerprint density at radius 2 is 1.44 bits per heavy atom. The Balaban J connectivity index is 1.73. The van der Waals surface area contributed by atoms with Gasteiger partial charge in [-0.1, -0.05) is 72.3 Å². The van der Waals surface area contributed by atoms with Crippen molar-refractivity contribution in [3.63, 3.8) is 0 Å². The molecule has 164 valence electrons. The fourth-order valence-electron chi connectivity index (χ4n) is 4.75. The van der Waals surface area contributed by atoms with Crippen LogP contribution in [-0.4, -0.2) is 16.7 Å². The minimum atomic E-state index is 0.834. The van der Waals surface area contributed by atoms with E-state index in [4.69, 9.17) is 9.72 Å². The summed E-state index contributed by atoms with van der Waals surface area (Å²) in [6.45, 7) is 2.15. The summed E-state index contributed by atoms with van der Waals surface area (Å²) < 4.78 is 7.70. The molecule has 0 saturated heterocycles. The van der Waals surface area contributed by atoms with E-state index in [0.717, 1.165) is 39.2 Å². The molecule has 0 N–H and O–H groups in total. The van der Waals surface area contributed by atoms with Gasteiger partial charge in [0.05, 0.1) is 23.8 Å². The predicted molar refractivity (Wildman–Crippen MR) is 141 cm³/mol. The topological polar surface area (TPSA) is 27.1 Å². The van der Waals surface area contributed by atoms with Gasteiger partial charge < -0.3 is 4.74 Å². The molecule has 3 heteroatoms. The lowest BCUT2D eigenvalue weighted by Gasteiger charge is -2.13. The summed E-state index contributed by atoms with van der Waals surface area (Å²) in [6, 6.07) is 38.1. The number of hydrogen-bond donors (Lipinski definition) is 0. The van der Waals surface area contributed by atoms with E-state index >= 15 is 0 Å². The summed E-state index contributed by atoms with van der Waals surface area (Å²) in [4.78, 5) is 5.09. The average Bonchev–Trinajstić information content (AvgIpc) is 3.23. The number of hydrogen-bond acceptors (Lipinski definition) is 2. The normalized spacial score (nSPS) is 11.2. The third-order valence-corrected chi connectivity index (χ3v) is 6.34. The Morgan fingerprint density at radius 3 is 2.18 bits per heavy atom. The summed E-state index contributed by atoms with van der Waals surface area (Å²) in [5, 5.41) is 2.28. The van der Waals surface area contributed by atoms with E-state index in [0.29, 0.717) is 0 Å². The second-order valence-electron chi connectivity index (χ2n) is 8.54. The van der Waals surface area contributed by atoms with E-state index in [9.17, 15) is 0 Å². The zero-order chi connectivity index (χ0) is 23.1. The standard InChI is InChI=1S/C31H24N2O/c1-21-13-17-28-26(19-21)30(22-9-5-3-6-10-22)31(23-11-7-4-8-12-23)33(28)29-18-14-24-20-25(34-2)15-16-27(24)32-29/h3-20H,1-2H3. The second-order valence-corrected chi connectivity index (χ2v) is 8.54. The van der Waals surface area contributed by atoms with Crippen molar-refractivity contribution in [3.05, 3.63) is 115 Å². The molecule has 4 aromatic carbocycles. The molecule has 3 nitrogen and oxygen atoms in total. The Bertz CT molecular complexity index is 1630. The van der Waals surface area contributed by atoms with E-state index in [1.54, 1.807) is 7.11 Å². The van der Waals surface area contributed by atoms with Crippen molar-refractivity contribution in [3.8, 4) is 34.0 Å². The van der Waals surface area contributed by atoms with E-state index in [2.05, 4.69) is 102 Å². The van der Waals surface area contributed by atoms with Gasteiger partial charge in [-0.25, -0.2) is 4.98 Å². The first-order chi connectivity index (χ1) is 16.7. The van der Waals surface area contributed by atoms with Crippen molar-refractivity contribution in [2.75, 3.05) is 7.11 Å². The van der Waals surface area contributed by atoms with Gasteiger partial charge in [0.1, 0.15) is 11.6 Å². The third-order valence-electron chi connectivity index (χ3n) is 6.34. The van der Waals surface area contributed by atoms with Crippen LogP contribution in [0.2, 0.25) is 0 Å². The van der Waals surface area contributed by atoms with Gasteiger partial charge in [0.15, 0.2) is 0 Å². The Kier molecular flexibility index (Phi) is 4.88. The molecular weight excluding hydrogens is 416 g/mol. The van der Waals surface area contributed by atoms with E-state index < -0.39 is 0 Å². The van der Waals surface area contributed by atoms with E-state index in [1.165, 1.54) is 22.1 Å². The van der Waals surface area contributed by atoms with Gasteiger partial charge in [0.2, 0.25) is 0 Å². The molecule has 0 aliphatic heterocycles. The minimum absolute atomic E-state index is 0.834. The molecule has 0 bridgehead atoms. The highest BCUT2D eigenvalue weighted by atomic mass is 16.5. The summed E-state index contributed by atoms with van der Waals surface area (Å²) in [5.74, 6) is 1.73. The van der Waals surface area contributed by atoms with Crippen LogP contribution in [0, 0.1) is 6.92 Å². The average molecular weight is 441 g/mol. The summed E-state index contributed by atoms with van der Waals surface area (Å²) in [6.07, 6.45) is 0. The molecular formula is C31H24N2O. The molecule has 0 amide bonds. The number of methoxy groups -OCH3 is 1. The number of ether oxygens (including phenoxy) is 1. The highest BCUT2D eigenvalue weighted by molar-refractivity contribution is 6.06. The second kappa shape index (κ2) is 8.20. The van der Waals surface area contributed by atoms with Crippen molar-refractivity contribution in [1.29, 1.82) is 0 Å². The number of pyridine rings is 1. The van der Waals surface area contributed by atoms with Gasteiger partial charge in [0.25, 0.3) is 0 Å². The number of fused-ring (bicyclic) bond motifs is 2. The molecule has 0 unspecified atom stereocenters. The number of aryl methyl sites for hydroxylation is 1. The lowest BCUT2D eigenvalue weighted by molar-refractivity contribution is 0.415. The maximum atomic E-state index is 5.40. The molecule has 0 spiro atoms. The summed E-state index contributed by atoms with van der Waals surface area (Å²) in [7, 11) is 1.69. The van der Waals surface area contributed by atoms with Crippen LogP contribution in [0.3, 0.4) is 0 Å². The highest BCUT2D eigenvalue weighted by Gasteiger charge is 2.22. The maximum absolute atomic E-state index is 5.40. The van der Waals surface area contributed by atoms with Crippen molar-refractivity contribution in [1.82, 2.24) is 9.55 Å². The lowest BCUT2D eigenvalue weighted by Crippen LogP contribution is -2.00. The largest absolute Gasteiger partial charge is 0.497 e. The maximum Gasteiger partial charge on any atom is 0.138 e. The van der Waals surface area contributed by atoms with E-state index in [1.807, 2.05) is 18.2 Å². The predicted octanol–water partition coefficient (Wildman–Crippen LogP) is 7.83. The number of aromatic nitrogens is 2. The Morgan fingerprint density at radius 1 is 0.706 bits per heavy atom. The number of rotatable bonds is 4. The molecule has 0 saturated carbocycles. The molecule has 0 aliphatic carbocycles. The molecule has 2 aromatic heterocycles. The molecule has 2 heterocycles. The number of nitrogens with zero attached hydrogens (tertiary/aromatic N) is 2. The van der Waals surface area contributed by atoms with Crippen LogP contribution in [0.4, 0.5) is 0 Å². The Hall–Kier alpha value is -4.37. The zero-order valence-corrected chi connectivity index (χ0v) is 19.2. The van der Waals surface area contributed by atoms with E-state index in [-0.39, 0.29) is 0 Å². The van der Waals surface area contributed by atoms with Crippen molar-refractivity contribution >= 4 is 21.8 Å². The van der Waals surface area contributed by atoms with Crippen LogP contribution in [0.5, 0.6) is 5.75 Å². The molecule has 6 aromatic rings. The van der Waals surface area contributed by atoms with Crippen molar-refractivity contribution in [2.45, 2.75) is 6.92 Å². The van der Waals surface area contributed by atoms with Crippen LogP contribution in [0.25, 0.3) is 50.0 Å². The van der Waals surface area contributed by atoms with Gasteiger partial charge in [-0.05, 0) is 60.5 Å². The number of benzene rings is 4. The zero-order valence-electron chi connectivity index (χ0n) is 19.2. The third kappa shape index (κ3) is 3.34. The minimum Gasteiger partial charge on any atom is -0.497 e. The smallest absolute Gasteiger partial charge is 0.138 e. The lowest BCUT2D eigenvalue weighted by atomic mass is 9.98. The van der Waals surface area contributed by atoms with Crippen molar-refractivity contribution < 1.29 is 4.74 Å². The van der Waals surface area contributed by atoms with Crippen LogP contribution in [0.1, 0.15) is 5.56 Å². The van der Waals surface area contributed by atoms with Crippen LogP contribution < -0.4 is 4.74 Å². The highest BCUT2D eigenvalue weighted by Crippen LogP contribution is 2.42. The van der Waals surface area contributed by atoms with Crippen LogP contribution in [0.15, 0.2) is 109 Å². The van der Waals surface area contributed by atoms with Gasteiger partial charge in [-0.3, -0.25) is 4.57 Å².